The maximum Gasteiger partial charge on any atom is 0.162 e. The van der Waals surface area contributed by atoms with Crippen LogP contribution in [-0.4, -0.2) is 43.8 Å². The maximum absolute atomic E-state index is 5.77. The van der Waals surface area contributed by atoms with Crippen molar-refractivity contribution in [2.24, 2.45) is 0 Å². The van der Waals surface area contributed by atoms with E-state index in [1.54, 1.807) is 0 Å². The monoisotopic (exact) mass is 322 g/mol. The molecular formula is C18H22N6. The molecule has 3 heterocycles. The zero-order valence-corrected chi connectivity index (χ0v) is 14.3. The molecule has 0 bridgehead atoms. The van der Waals surface area contributed by atoms with E-state index in [1.165, 1.54) is 0 Å². The lowest BCUT2D eigenvalue weighted by molar-refractivity contribution is 0.0695. The second-order valence-corrected chi connectivity index (χ2v) is 6.78. The summed E-state index contributed by atoms with van der Waals surface area (Å²) in [6, 6.07) is 8.61. The first-order valence-corrected chi connectivity index (χ1v) is 8.35. The van der Waals surface area contributed by atoms with Crippen LogP contribution in [0.25, 0.3) is 22.4 Å². The number of benzene rings is 1. The molecule has 0 unspecified atom stereocenters. The Balaban J connectivity index is 1.73. The lowest BCUT2D eigenvalue weighted by atomic mass is 10.1. The zero-order chi connectivity index (χ0) is 16.8. The number of anilines is 1. The highest BCUT2D eigenvalue weighted by Gasteiger charge is 2.32. The fraction of sp³-hybridized carbons (Fsp3) is 0.389. The molecule has 0 radical (unpaired) electrons. The molecule has 3 aromatic rings. The Bertz CT molecular complexity index is 874. The predicted octanol–water partition coefficient (Wildman–Crippen LogP) is 2.65. The van der Waals surface area contributed by atoms with Crippen LogP contribution in [0.3, 0.4) is 0 Å². The lowest BCUT2D eigenvalue weighted by Crippen LogP contribution is -2.51. The molecule has 0 aliphatic carbocycles. The van der Waals surface area contributed by atoms with Crippen molar-refractivity contribution >= 4 is 16.7 Å². The quantitative estimate of drug-likeness (QED) is 0.751. The van der Waals surface area contributed by atoms with E-state index in [4.69, 9.17) is 15.8 Å². The molecule has 0 atom stereocenters. The summed E-state index contributed by atoms with van der Waals surface area (Å²) in [5.41, 5.74) is 9.37. The summed E-state index contributed by atoms with van der Waals surface area (Å²) in [7, 11) is 0. The van der Waals surface area contributed by atoms with Gasteiger partial charge in [0.05, 0.1) is 17.1 Å². The molecule has 1 fully saturated rings. The number of likely N-dealkylation sites (tertiary alicyclic amines) is 1. The number of aryl methyl sites for hydroxylation is 1. The van der Waals surface area contributed by atoms with Crippen LogP contribution in [0.5, 0.6) is 0 Å². The third-order valence-corrected chi connectivity index (χ3v) is 4.77. The average Bonchev–Trinajstić information content (AvgIpc) is 2.83. The zero-order valence-electron chi connectivity index (χ0n) is 14.3. The van der Waals surface area contributed by atoms with Crippen LogP contribution in [0, 0.1) is 6.92 Å². The molecule has 6 heteroatoms. The number of nitrogens with two attached hydrogens (primary N) is 1. The normalized spacial score (nSPS) is 16.0. The highest BCUT2D eigenvalue weighted by atomic mass is 15.4. The predicted molar refractivity (Wildman–Crippen MR) is 95.7 cm³/mol. The average molecular weight is 322 g/mol. The van der Waals surface area contributed by atoms with Gasteiger partial charge >= 0.3 is 0 Å². The van der Waals surface area contributed by atoms with Gasteiger partial charge in [0.2, 0.25) is 0 Å². The smallest absolute Gasteiger partial charge is 0.162 e. The summed E-state index contributed by atoms with van der Waals surface area (Å²) in [5, 5.41) is 5.75. The van der Waals surface area contributed by atoms with Crippen molar-refractivity contribution in [1.29, 1.82) is 0 Å². The van der Waals surface area contributed by atoms with Gasteiger partial charge in [-0.25, -0.2) is 14.6 Å². The number of nitrogens with zero attached hydrogens (tertiary/aromatic N) is 5. The molecule has 1 aliphatic heterocycles. The van der Waals surface area contributed by atoms with E-state index in [-0.39, 0.29) is 0 Å². The largest absolute Gasteiger partial charge is 0.399 e. The summed E-state index contributed by atoms with van der Waals surface area (Å²) >= 11 is 0. The molecule has 0 saturated carbocycles. The van der Waals surface area contributed by atoms with Gasteiger partial charge in [0.1, 0.15) is 0 Å². The van der Waals surface area contributed by atoms with Crippen molar-refractivity contribution in [2.75, 3.05) is 18.8 Å². The van der Waals surface area contributed by atoms with E-state index in [9.17, 15) is 0 Å². The number of rotatable bonds is 3. The lowest BCUT2D eigenvalue weighted by Gasteiger charge is -2.41. The molecule has 1 aromatic carbocycles. The van der Waals surface area contributed by atoms with Gasteiger partial charge in [-0.05, 0) is 45.0 Å². The van der Waals surface area contributed by atoms with Crippen molar-refractivity contribution in [3.05, 3.63) is 36.2 Å². The highest BCUT2D eigenvalue weighted by molar-refractivity contribution is 5.79. The molecule has 24 heavy (non-hydrogen) atoms. The molecule has 124 valence electrons. The van der Waals surface area contributed by atoms with E-state index >= 15 is 0 Å². The first-order chi connectivity index (χ1) is 11.5. The highest BCUT2D eigenvalue weighted by Crippen LogP contribution is 2.28. The van der Waals surface area contributed by atoms with Gasteiger partial charge in [-0.15, -0.1) is 0 Å². The van der Waals surface area contributed by atoms with Crippen LogP contribution in [0.2, 0.25) is 0 Å². The molecular weight excluding hydrogens is 300 g/mol. The second-order valence-electron chi connectivity index (χ2n) is 6.78. The van der Waals surface area contributed by atoms with Crippen molar-refractivity contribution in [1.82, 2.24) is 24.6 Å². The minimum atomic E-state index is 0.387. The molecule has 0 amide bonds. The summed E-state index contributed by atoms with van der Waals surface area (Å²) < 4.78 is 2.08. The van der Waals surface area contributed by atoms with Gasteiger partial charge < -0.3 is 5.73 Å². The Morgan fingerprint density at radius 1 is 1.17 bits per heavy atom. The molecule has 1 saturated heterocycles. The Labute approximate surface area is 141 Å². The van der Waals surface area contributed by atoms with Crippen LogP contribution in [0.4, 0.5) is 5.69 Å². The van der Waals surface area contributed by atoms with E-state index in [2.05, 4.69) is 28.4 Å². The van der Waals surface area contributed by atoms with Gasteiger partial charge in [-0.2, -0.15) is 5.10 Å². The van der Waals surface area contributed by atoms with Crippen LogP contribution >= 0.6 is 0 Å². The maximum atomic E-state index is 5.77. The number of fused-ring (bicyclic) bond motifs is 1. The third kappa shape index (κ3) is 2.43. The van der Waals surface area contributed by atoms with Gasteiger partial charge in [0, 0.05) is 36.6 Å². The molecule has 2 N–H and O–H groups in total. The van der Waals surface area contributed by atoms with Crippen LogP contribution in [0.15, 0.2) is 30.5 Å². The molecule has 4 rings (SSSR count). The van der Waals surface area contributed by atoms with Gasteiger partial charge in [0.15, 0.2) is 11.5 Å². The first kappa shape index (κ1) is 15.1. The molecule has 6 nitrogen and oxygen atoms in total. The van der Waals surface area contributed by atoms with Crippen LogP contribution < -0.4 is 5.73 Å². The van der Waals surface area contributed by atoms with Gasteiger partial charge in [0.25, 0.3) is 0 Å². The third-order valence-electron chi connectivity index (χ3n) is 4.77. The summed E-state index contributed by atoms with van der Waals surface area (Å²) in [6.07, 6.45) is 1.88. The Hall–Kier alpha value is -2.47. The van der Waals surface area contributed by atoms with Crippen molar-refractivity contribution in [3.8, 4) is 11.4 Å². The van der Waals surface area contributed by atoms with Crippen molar-refractivity contribution in [3.63, 3.8) is 0 Å². The molecule has 0 spiro atoms. The van der Waals surface area contributed by atoms with Crippen molar-refractivity contribution in [2.45, 2.75) is 32.9 Å². The fourth-order valence-corrected chi connectivity index (χ4v) is 3.16. The summed E-state index contributed by atoms with van der Waals surface area (Å²) in [4.78, 5) is 11.8. The SMILES string of the molecule is Cc1nn(C2CN(C(C)C)C2)c2nc(-c3ccc(N)cc3)ncc12. The molecule has 1 aliphatic rings. The Kier molecular flexibility index (Phi) is 3.49. The minimum Gasteiger partial charge on any atom is -0.399 e. The summed E-state index contributed by atoms with van der Waals surface area (Å²) in [6.45, 7) is 8.52. The molecule has 2 aromatic heterocycles. The van der Waals surface area contributed by atoms with Crippen LogP contribution in [-0.2, 0) is 0 Å². The summed E-state index contributed by atoms with van der Waals surface area (Å²) in [5.74, 6) is 0.712. The fourth-order valence-electron chi connectivity index (χ4n) is 3.16. The van der Waals surface area contributed by atoms with Gasteiger partial charge in [-0.3, -0.25) is 4.90 Å². The van der Waals surface area contributed by atoms with Gasteiger partial charge in [-0.1, -0.05) is 0 Å². The standard InChI is InChI=1S/C18H22N6/c1-11(2)23-9-15(10-23)24-18-16(12(3)22-24)8-20-17(21-18)13-4-6-14(19)7-5-13/h4-8,11,15H,9-10,19H2,1-3H3. The number of hydrogen-bond donors (Lipinski definition) is 1. The second kappa shape index (κ2) is 5.56. The van der Waals surface area contributed by atoms with E-state index in [0.717, 1.165) is 41.1 Å². The number of nitrogen functional groups attached to an aromatic ring is 1. The Morgan fingerprint density at radius 3 is 2.54 bits per heavy atom. The minimum absolute atomic E-state index is 0.387. The van der Waals surface area contributed by atoms with E-state index in [0.29, 0.717) is 17.9 Å². The Morgan fingerprint density at radius 2 is 1.88 bits per heavy atom. The van der Waals surface area contributed by atoms with E-state index in [1.807, 2.05) is 37.4 Å². The topological polar surface area (TPSA) is 72.9 Å². The first-order valence-electron chi connectivity index (χ1n) is 8.35. The van der Waals surface area contributed by atoms with Crippen molar-refractivity contribution < 1.29 is 0 Å². The number of aromatic nitrogens is 4. The van der Waals surface area contributed by atoms with E-state index < -0.39 is 0 Å². The van der Waals surface area contributed by atoms with Crippen LogP contribution in [0.1, 0.15) is 25.6 Å². The number of hydrogen-bond acceptors (Lipinski definition) is 5.